The summed E-state index contributed by atoms with van der Waals surface area (Å²) in [6.07, 6.45) is 5.13. The van der Waals surface area contributed by atoms with Gasteiger partial charge in [0.15, 0.2) is 5.82 Å². The number of halogens is 1. The van der Waals surface area contributed by atoms with E-state index in [0.717, 1.165) is 38.4 Å². The van der Waals surface area contributed by atoms with Gasteiger partial charge in [-0.3, -0.25) is 0 Å². The summed E-state index contributed by atoms with van der Waals surface area (Å²) in [6, 6.07) is 5.64. The van der Waals surface area contributed by atoms with E-state index in [2.05, 4.69) is 33.2 Å². The Balaban J connectivity index is 1.35. The second-order valence-corrected chi connectivity index (χ2v) is 9.21. The van der Waals surface area contributed by atoms with Crippen LogP contribution in [0.3, 0.4) is 0 Å². The van der Waals surface area contributed by atoms with Crippen molar-refractivity contribution in [1.82, 2.24) is 19.8 Å². The zero-order valence-corrected chi connectivity index (χ0v) is 17.5. The van der Waals surface area contributed by atoms with Gasteiger partial charge in [-0.15, -0.1) is 0 Å². The first-order valence-corrected chi connectivity index (χ1v) is 11.0. The van der Waals surface area contributed by atoms with E-state index < -0.39 is 5.82 Å². The van der Waals surface area contributed by atoms with Crippen molar-refractivity contribution in [2.75, 3.05) is 50.7 Å². The third kappa shape index (κ3) is 3.55. The molecule has 5 rings (SSSR count). The molecule has 2 aromatic rings. The number of hydrogen-bond acceptors (Lipinski definition) is 6. The molecule has 160 valence electrons. The van der Waals surface area contributed by atoms with Crippen LogP contribution in [0.2, 0.25) is 0 Å². The molecule has 1 spiro atoms. The molecule has 0 amide bonds. The molecular formula is C22H29FN6O. The van der Waals surface area contributed by atoms with Crippen LogP contribution in [-0.2, 0) is 4.74 Å². The maximum Gasteiger partial charge on any atom is 0.171 e. The molecule has 3 saturated heterocycles. The van der Waals surface area contributed by atoms with Gasteiger partial charge in [0.2, 0.25) is 0 Å². The van der Waals surface area contributed by atoms with Crippen molar-refractivity contribution in [3.05, 3.63) is 29.8 Å². The number of aromatic nitrogens is 2. The minimum atomic E-state index is -0.399. The average Bonchev–Trinajstić information content (AvgIpc) is 3.34. The Kier molecular flexibility index (Phi) is 5.13. The van der Waals surface area contributed by atoms with Crippen molar-refractivity contribution < 1.29 is 9.13 Å². The van der Waals surface area contributed by atoms with E-state index in [1.165, 1.54) is 30.0 Å². The Bertz CT molecular complexity index is 962. The minimum absolute atomic E-state index is 0.0531. The highest BCUT2D eigenvalue weighted by Gasteiger charge is 2.39. The van der Waals surface area contributed by atoms with E-state index in [1.807, 2.05) is 6.07 Å². The van der Waals surface area contributed by atoms with Crippen molar-refractivity contribution in [2.45, 2.75) is 38.4 Å². The molecule has 5 heterocycles. The molecule has 2 aromatic heterocycles. The smallest absolute Gasteiger partial charge is 0.171 e. The lowest BCUT2D eigenvalue weighted by molar-refractivity contribution is -0.0424. The predicted molar refractivity (Wildman–Crippen MR) is 112 cm³/mol. The van der Waals surface area contributed by atoms with E-state index >= 15 is 0 Å². The van der Waals surface area contributed by atoms with E-state index in [0.29, 0.717) is 29.7 Å². The molecule has 3 fully saturated rings. The average molecular weight is 413 g/mol. The Labute approximate surface area is 176 Å². The fourth-order valence-corrected chi connectivity index (χ4v) is 5.63. The number of morpholine rings is 1. The number of rotatable bonds is 3. The van der Waals surface area contributed by atoms with Gasteiger partial charge in [0.1, 0.15) is 17.3 Å². The van der Waals surface area contributed by atoms with Crippen LogP contribution >= 0.6 is 0 Å². The molecule has 0 radical (unpaired) electrons. The molecule has 0 saturated carbocycles. The van der Waals surface area contributed by atoms with Gasteiger partial charge in [-0.2, -0.15) is 10.4 Å². The van der Waals surface area contributed by atoms with Crippen LogP contribution in [0.15, 0.2) is 18.3 Å². The number of nitriles is 1. The Morgan fingerprint density at radius 1 is 1.37 bits per heavy atom. The summed E-state index contributed by atoms with van der Waals surface area (Å²) in [5.41, 5.74) is 1.91. The summed E-state index contributed by atoms with van der Waals surface area (Å²) in [5, 5.41) is 16.9. The number of anilines is 1. The van der Waals surface area contributed by atoms with Gasteiger partial charge in [-0.25, -0.2) is 8.91 Å². The van der Waals surface area contributed by atoms with Crippen molar-refractivity contribution >= 4 is 11.2 Å². The van der Waals surface area contributed by atoms with Crippen LogP contribution in [-0.4, -0.2) is 72.5 Å². The number of nitrogens with zero attached hydrogens (tertiary/aromatic N) is 5. The number of ether oxygens (including phenoxy) is 1. The summed E-state index contributed by atoms with van der Waals surface area (Å²) < 4.78 is 22.2. The van der Waals surface area contributed by atoms with Crippen LogP contribution in [0.1, 0.15) is 31.9 Å². The monoisotopic (exact) mass is 412 g/mol. The minimum Gasteiger partial charge on any atom is -0.370 e. The molecule has 8 heteroatoms. The van der Waals surface area contributed by atoms with Crippen molar-refractivity contribution in [1.29, 1.82) is 5.26 Å². The van der Waals surface area contributed by atoms with E-state index in [4.69, 9.17) is 4.74 Å². The Morgan fingerprint density at radius 2 is 2.27 bits per heavy atom. The molecule has 1 unspecified atom stereocenters. The number of likely N-dealkylation sites (tertiary alicyclic amines) is 1. The molecule has 3 aliphatic heterocycles. The number of hydrogen-bond donors (Lipinski definition) is 1. The lowest BCUT2D eigenvalue weighted by atomic mass is 9.79. The van der Waals surface area contributed by atoms with Crippen molar-refractivity contribution in [3.8, 4) is 6.07 Å². The molecule has 0 aromatic carbocycles. The maximum atomic E-state index is 14.5. The molecule has 30 heavy (non-hydrogen) atoms. The SMILES string of the molecule is C[C@@H]1CN(c2ccc(C#N)n3ncc(F)c23)C[C@H](CN2CCCC3(CCNC3)C2)O1. The van der Waals surface area contributed by atoms with Gasteiger partial charge in [0.25, 0.3) is 0 Å². The van der Waals surface area contributed by atoms with Gasteiger partial charge in [-0.1, -0.05) is 0 Å². The quantitative estimate of drug-likeness (QED) is 0.832. The lowest BCUT2D eigenvalue weighted by Gasteiger charge is -2.44. The van der Waals surface area contributed by atoms with Crippen LogP contribution in [0.5, 0.6) is 0 Å². The second-order valence-electron chi connectivity index (χ2n) is 9.21. The Hall–Kier alpha value is -2.21. The van der Waals surface area contributed by atoms with Crippen molar-refractivity contribution in [2.24, 2.45) is 5.41 Å². The molecule has 0 aliphatic carbocycles. The van der Waals surface area contributed by atoms with Crippen molar-refractivity contribution in [3.63, 3.8) is 0 Å². The lowest BCUT2D eigenvalue weighted by Crippen LogP contribution is -2.53. The summed E-state index contributed by atoms with van der Waals surface area (Å²) in [6.45, 7) is 8.88. The second kappa shape index (κ2) is 7.80. The summed E-state index contributed by atoms with van der Waals surface area (Å²) in [4.78, 5) is 4.75. The molecule has 7 nitrogen and oxygen atoms in total. The Morgan fingerprint density at radius 3 is 3.07 bits per heavy atom. The maximum absolute atomic E-state index is 14.5. The largest absolute Gasteiger partial charge is 0.370 e. The van der Waals surface area contributed by atoms with Crippen LogP contribution in [0.4, 0.5) is 10.1 Å². The predicted octanol–water partition coefficient (Wildman–Crippen LogP) is 2.01. The first-order valence-electron chi connectivity index (χ1n) is 11.0. The van der Waals surface area contributed by atoms with Gasteiger partial charge < -0.3 is 19.9 Å². The highest BCUT2D eigenvalue weighted by molar-refractivity contribution is 5.74. The number of piperidine rings is 1. The molecule has 3 aliphatic rings. The standard InChI is InChI=1S/C22H29FN6O/c1-16-11-28(20-4-3-17(9-24)29-21(20)19(23)10-26-29)13-18(30-16)12-27-8-2-5-22(15-27)6-7-25-14-22/h3-4,10,16,18,25H,2,5-8,11-15H2,1H3/t16-,18+,22?/m1/s1. The summed E-state index contributed by atoms with van der Waals surface area (Å²) in [5.74, 6) is -0.399. The zero-order chi connectivity index (χ0) is 20.7. The fraction of sp³-hybridized carbons (Fsp3) is 0.636. The molecule has 0 bridgehead atoms. The topological polar surface area (TPSA) is 68.8 Å². The third-order valence-electron chi connectivity index (χ3n) is 6.91. The van der Waals surface area contributed by atoms with E-state index in [1.54, 1.807) is 6.07 Å². The summed E-state index contributed by atoms with van der Waals surface area (Å²) >= 11 is 0. The van der Waals surface area contributed by atoms with Gasteiger partial charge >= 0.3 is 0 Å². The van der Waals surface area contributed by atoms with Crippen LogP contribution in [0.25, 0.3) is 5.52 Å². The molecule has 3 atom stereocenters. The van der Waals surface area contributed by atoms with Crippen LogP contribution in [0, 0.1) is 22.6 Å². The molecule has 1 N–H and O–H groups in total. The van der Waals surface area contributed by atoms with E-state index in [-0.39, 0.29) is 12.2 Å². The number of fused-ring (bicyclic) bond motifs is 1. The number of nitrogens with one attached hydrogen (secondary N) is 1. The zero-order valence-electron chi connectivity index (χ0n) is 17.5. The normalized spacial score (nSPS) is 30.2. The van der Waals surface area contributed by atoms with Gasteiger partial charge in [0, 0.05) is 32.7 Å². The van der Waals surface area contributed by atoms with Gasteiger partial charge in [0.05, 0.1) is 24.1 Å². The molecular weight excluding hydrogens is 383 g/mol. The fourth-order valence-electron chi connectivity index (χ4n) is 5.63. The third-order valence-corrected chi connectivity index (χ3v) is 6.91. The van der Waals surface area contributed by atoms with Gasteiger partial charge in [-0.05, 0) is 56.8 Å². The summed E-state index contributed by atoms with van der Waals surface area (Å²) in [7, 11) is 0. The first kappa shape index (κ1) is 19.7. The first-order chi connectivity index (χ1) is 14.6. The van der Waals surface area contributed by atoms with Crippen LogP contribution < -0.4 is 10.2 Å². The van der Waals surface area contributed by atoms with E-state index in [9.17, 15) is 9.65 Å². The highest BCUT2D eigenvalue weighted by atomic mass is 19.1. The number of pyridine rings is 1. The highest BCUT2D eigenvalue weighted by Crippen LogP contribution is 2.36.